The van der Waals surface area contributed by atoms with Crippen molar-refractivity contribution in [3.05, 3.63) is 52.4 Å². The maximum atomic E-state index is 13.2. The monoisotopic (exact) mass is 395 g/mol. The summed E-state index contributed by atoms with van der Waals surface area (Å²) in [4.78, 5) is 27.6. The van der Waals surface area contributed by atoms with E-state index in [-0.39, 0.29) is 28.3 Å². The zero-order chi connectivity index (χ0) is 20.3. The predicted octanol–water partition coefficient (Wildman–Crippen LogP) is 5.38. The van der Waals surface area contributed by atoms with Crippen LogP contribution >= 0.6 is 11.8 Å². The molecule has 2 aliphatic carbocycles. The summed E-state index contributed by atoms with van der Waals surface area (Å²) in [5, 5.41) is 3.57. The number of hydrogen-bond donors (Lipinski definition) is 1. The summed E-state index contributed by atoms with van der Waals surface area (Å²) in [6.07, 6.45) is 4.82. The molecule has 1 N–H and O–H groups in total. The first kappa shape index (κ1) is 19.5. The highest BCUT2D eigenvalue weighted by atomic mass is 32.2. The van der Waals surface area contributed by atoms with E-state index in [0.717, 1.165) is 40.9 Å². The second-order valence-corrected chi connectivity index (χ2v) is 10.9. The molecule has 3 aliphatic rings. The lowest BCUT2D eigenvalue weighted by molar-refractivity contribution is -0.119. The molecular weight excluding hydrogens is 366 g/mol. The van der Waals surface area contributed by atoms with Crippen molar-refractivity contribution in [3.8, 4) is 0 Å². The average Bonchev–Trinajstić information content (AvgIpc) is 2.57. The van der Waals surface area contributed by atoms with Gasteiger partial charge in [0.1, 0.15) is 0 Å². The zero-order valence-electron chi connectivity index (χ0n) is 17.4. The van der Waals surface area contributed by atoms with Gasteiger partial charge in [0.25, 0.3) is 0 Å². The molecule has 0 fully saturated rings. The number of hydrogen-bond acceptors (Lipinski definition) is 4. The van der Waals surface area contributed by atoms with Gasteiger partial charge in [0.15, 0.2) is 11.6 Å². The fourth-order valence-electron chi connectivity index (χ4n) is 5.02. The van der Waals surface area contributed by atoms with Crippen LogP contribution in [0.1, 0.15) is 64.9 Å². The number of rotatable bonds is 2. The maximum absolute atomic E-state index is 13.2. The van der Waals surface area contributed by atoms with E-state index in [2.05, 4.69) is 63.5 Å². The third-order valence-electron chi connectivity index (χ3n) is 6.17. The Morgan fingerprint density at radius 1 is 0.821 bits per heavy atom. The Balaban J connectivity index is 1.88. The maximum Gasteiger partial charge on any atom is 0.162 e. The number of benzene rings is 1. The fourth-order valence-corrected chi connectivity index (χ4v) is 5.43. The normalized spacial score (nSPS) is 24.0. The van der Waals surface area contributed by atoms with Crippen molar-refractivity contribution in [2.45, 2.75) is 64.2 Å². The first-order valence-electron chi connectivity index (χ1n) is 10.0. The summed E-state index contributed by atoms with van der Waals surface area (Å²) in [5.74, 6) is 0.137. The first-order valence-corrected chi connectivity index (χ1v) is 11.3. The van der Waals surface area contributed by atoms with Crippen LogP contribution in [0.3, 0.4) is 0 Å². The third kappa shape index (κ3) is 3.36. The van der Waals surface area contributed by atoms with E-state index in [0.29, 0.717) is 12.8 Å². The molecule has 4 rings (SSSR count). The standard InChI is InChI=1S/C24H29NO2S/c1-23(2)10-16-21(18(26)12-23)20(14-6-8-15(28-5)9-7-14)22-17(25-16)11-24(3,4)13-19(22)27/h6-9,20,25H,10-13H2,1-5H3. The quantitative estimate of drug-likeness (QED) is 0.683. The third-order valence-corrected chi connectivity index (χ3v) is 6.91. The summed E-state index contributed by atoms with van der Waals surface area (Å²) in [6, 6.07) is 8.38. The number of allylic oxidation sites excluding steroid dienone is 4. The van der Waals surface area contributed by atoms with Crippen molar-refractivity contribution >= 4 is 23.3 Å². The molecule has 3 nitrogen and oxygen atoms in total. The lowest BCUT2D eigenvalue weighted by Gasteiger charge is -2.44. The van der Waals surface area contributed by atoms with Crippen LogP contribution in [-0.4, -0.2) is 17.8 Å². The Bertz CT molecular complexity index is 866. The Hall–Kier alpha value is -1.81. The van der Waals surface area contributed by atoms with Gasteiger partial charge in [0.05, 0.1) is 0 Å². The minimum absolute atomic E-state index is 0.0531. The van der Waals surface area contributed by atoms with Crippen molar-refractivity contribution in [2.24, 2.45) is 10.8 Å². The molecule has 0 amide bonds. The highest BCUT2D eigenvalue weighted by Gasteiger charge is 2.46. The molecule has 1 heterocycles. The summed E-state index contributed by atoms with van der Waals surface area (Å²) in [7, 11) is 0. The van der Waals surface area contributed by atoms with Crippen LogP contribution in [0.2, 0.25) is 0 Å². The van der Waals surface area contributed by atoms with E-state index in [1.54, 1.807) is 11.8 Å². The van der Waals surface area contributed by atoms with E-state index in [4.69, 9.17) is 0 Å². The number of dihydropyridines is 1. The van der Waals surface area contributed by atoms with E-state index in [9.17, 15) is 9.59 Å². The molecule has 0 aromatic heterocycles. The molecule has 0 saturated heterocycles. The summed E-state index contributed by atoms with van der Waals surface area (Å²) >= 11 is 1.70. The van der Waals surface area contributed by atoms with E-state index in [1.807, 2.05) is 0 Å². The molecule has 148 valence electrons. The molecule has 0 bridgehead atoms. The lowest BCUT2D eigenvalue weighted by Crippen LogP contribution is -2.42. The first-order chi connectivity index (χ1) is 13.1. The van der Waals surface area contributed by atoms with E-state index in [1.165, 1.54) is 4.90 Å². The van der Waals surface area contributed by atoms with Crippen LogP contribution in [0, 0.1) is 10.8 Å². The lowest BCUT2D eigenvalue weighted by atomic mass is 9.64. The van der Waals surface area contributed by atoms with E-state index < -0.39 is 0 Å². The van der Waals surface area contributed by atoms with Crippen LogP contribution in [-0.2, 0) is 9.59 Å². The van der Waals surface area contributed by atoms with Crippen molar-refractivity contribution in [2.75, 3.05) is 6.26 Å². The Kier molecular flexibility index (Phi) is 4.61. The van der Waals surface area contributed by atoms with Gasteiger partial charge < -0.3 is 5.32 Å². The molecule has 1 aliphatic heterocycles. The van der Waals surface area contributed by atoms with Crippen molar-refractivity contribution in [1.29, 1.82) is 0 Å². The molecule has 0 spiro atoms. The summed E-state index contributed by atoms with van der Waals surface area (Å²) < 4.78 is 0. The van der Waals surface area contributed by atoms with Gasteiger partial charge in [-0.25, -0.2) is 0 Å². The molecule has 0 atom stereocenters. The van der Waals surface area contributed by atoms with Crippen LogP contribution in [0.5, 0.6) is 0 Å². The van der Waals surface area contributed by atoms with Gasteiger partial charge >= 0.3 is 0 Å². The van der Waals surface area contributed by atoms with Crippen LogP contribution < -0.4 is 5.32 Å². The number of carbonyl (C=O) groups is 2. The minimum Gasteiger partial charge on any atom is -0.362 e. The number of Topliss-reactive ketones (excluding diaryl/α,β-unsaturated/α-hetero) is 2. The highest BCUT2D eigenvalue weighted by molar-refractivity contribution is 7.98. The molecule has 4 heteroatoms. The molecule has 28 heavy (non-hydrogen) atoms. The van der Waals surface area contributed by atoms with Gasteiger partial charge in [-0.1, -0.05) is 39.8 Å². The van der Waals surface area contributed by atoms with Crippen LogP contribution in [0.15, 0.2) is 51.7 Å². The highest BCUT2D eigenvalue weighted by Crippen LogP contribution is 2.50. The summed E-state index contributed by atoms with van der Waals surface area (Å²) in [5.41, 5.74) is 4.66. The van der Waals surface area contributed by atoms with Gasteiger partial charge in [0, 0.05) is 46.2 Å². The van der Waals surface area contributed by atoms with Crippen molar-refractivity contribution in [1.82, 2.24) is 5.32 Å². The van der Waals surface area contributed by atoms with Gasteiger partial charge in [-0.2, -0.15) is 0 Å². The molecule has 0 saturated carbocycles. The number of thioether (sulfide) groups is 1. The predicted molar refractivity (Wildman–Crippen MR) is 114 cm³/mol. The van der Waals surface area contributed by atoms with Crippen LogP contribution in [0.4, 0.5) is 0 Å². The number of ketones is 2. The second kappa shape index (κ2) is 6.62. The van der Waals surface area contributed by atoms with Gasteiger partial charge in [-0.3, -0.25) is 9.59 Å². The summed E-state index contributed by atoms with van der Waals surface area (Å²) in [6.45, 7) is 8.61. The smallest absolute Gasteiger partial charge is 0.162 e. The SMILES string of the molecule is CSc1ccc(C2C3=C(CC(C)(C)CC3=O)NC3=C2C(=O)CC(C)(C)C3)cc1. The average molecular weight is 396 g/mol. The molecule has 0 radical (unpaired) electrons. The largest absolute Gasteiger partial charge is 0.362 e. The Labute approximate surface area is 172 Å². The number of carbonyl (C=O) groups excluding carboxylic acids is 2. The molecule has 1 aromatic carbocycles. The van der Waals surface area contributed by atoms with E-state index >= 15 is 0 Å². The Morgan fingerprint density at radius 2 is 1.29 bits per heavy atom. The van der Waals surface area contributed by atoms with Gasteiger partial charge in [0.2, 0.25) is 0 Å². The van der Waals surface area contributed by atoms with Gasteiger partial charge in [-0.05, 0) is 47.6 Å². The van der Waals surface area contributed by atoms with Crippen molar-refractivity contribution in [3.63, 3.8) is 0 Å². The second-order valence-electron chi connectivity index (χ2n) is 10.00. The molecular formula is C24H29NO2S. The van der Waals surface area contributed by atoms with Gasteiger partial charge in [-0.15, -0.1) is 11.8 Å². The molecule has 1 aromatic rings. The number of nitrogens with one attached hydrogen (secondary N) is 1. The molecule has 0 unspecified atom stereocenters. The van der Waals surface area contributed by atoms with Crippen molar-refractivity contribution < 1.29 is 9.59 Å². The Morgan fingerprint density at radius 3 is 1.71 bits per heavy atom. The topological polar surface area (TPSA) is 46.2 Å². The zero-order valence-corrected chi connectivity index (χ0v) is 18.3. The minimum atomic E-state index is -0.227. The fraction of sp³-hybridized carbons (Fsp3) is 0.500. The van der Waals surface area contributed by atoms with Crippen LogP contribution in [0.25, 0.3) is 0 Å².